The number of aromatic nitrogens is 1. The van der Waals surface area contributed by atoms with Crippen LogP contribution in [0.15, 0.2) is 34.9 Å². The Bertz CT molecular complexity index is 574. The summed E-state index contributed by atoms with van der Waals surface area (Å²) in [6, 6.07) is 6.64. The lowest BCUT2D eigenvalue weighted by Crippen LogP contribution is -2.12. The summed E-state index contributed by atoms with van der Waals surface area (Å²) in [5.74, 6) is 0.714. The van der Waals surface area contributed by atoms with E-state index in [0.29, 0.717) is 18.3 Å². The van der Waals surface area contributed by atoms with Crippen LogP contribution in [0, 0.1) is 6.92 Å². The van der Waals surface area contributed by atoms with Crippen LogP contribution < -0.4 is 0 Å². The van der Waals surface area contributed by atoms with Gasteiger partial charge >= 0.3 is 5.97 Å². The molecule has 5 heteroatoms. The number of nitrogens with zero attached hydrogens (tertiary/aromatic N) is 1. The second kappa shape index (κ2) is 6.23. The number of carbonyl (C=O) groups excluding carboxylic acids is 1. The maximum atomic E-state index is 11.7. The van der Waals surface area contributed by atoms with Crippen LogP contribution in [-0.4, -0.2) is 22.7 Å². The molecule has 1 N–H and O–H groups in total. The van der Waals surface area contributed by atoms with Crippen LogP contribution in [0.5, 0.6) is 5.75 Å². The monoisotopic (exact) mass is 275 g/mol. The zero-order chi connectivity index (χ0) is 14.5. The first-order valence-electron chi connectivity index (χ1n) is 6.47. The van der Waals surface area contributed by atoms with E-state index in [2.05, 4.69) is 4.98 Å². The number of phenolic OH excluding ortho intramolecular Hbond substituents is 1. The summed E-state index contributed by atoms with van der Waals surface area (Å²) in [5, 5.41) is 9.35. The first-order valence-corrected chi connectivity index (χ1v) is 6.47. The Balaban J connectivity index is 2.28. The Labute approximate surface area is 117 Å². The van der Waals surface area contributed by atoms with E-state index in [-0.39, 0.29) is 24.1 Å². The predicted molar refractivity (Wildman–Crippen MR) is 72.4 cm³/mol. The normalized spacial score (nSPS) is 12.1. The molecular formula is C15H17NO4. The Kier molecular flexibility index (Phi) is 4.40. The highest BCUT2D eigenvalue weighted by atomic mass is 16.5. The molecule has 0 aliphatic rings. The third kappa shape index (κ3) is 3.38. The van der Waals surface area contributed by atoms with Gasteiger partial charge in [0.25, 0.3) is 0 Å². The first kappa shape index (κ1) is 14.1. The number of esters is 1. The van der Waals surface area contributed by atoms with E-state index in [0.717, 1.165) is 5.56 Å². The van der Waals surface area contributed by atoms with Crippen LogP contribution in [0.3, 0.4) is 0 Å². The molecule has 1 atom stereocenters. The van der Waals surface area contributed by atoms with Crippen molar-refractivity contribution in [2.75, 3.05) is 6.61 Å². The minimum absolute atomic E-state index is 0.151. The molecule has 2 rings (SSSR count). The topological polar surface area (TPSA) is 72.6 Å². The molecule has 0 bridgehead atoms. The standard InChI is InChI=1S/C15H17NO4/c1-3-19-14(18)8-13(15-16-9-10(2)20-15)11-4-6-12(17)7-5-11/h4-7,9,13,17H,3,8H2,1-2H3. The van der Waals surface area contributed by atoms with Gasteiger partial charge in [-0.3, -0.25) is 4.79 Å². The van der Waals surface area contributed by atoms with Gasteiger partial charge in [0.2, 0.25) is 5.89 Å². The third-order valence-corrected chi connectivity index (χ3v) is 2.91. The molecule has 1 aromatic heterocycles. The molecule has 106 valence electrons. The van der Waals surface area contributed by atoms with Gasteiger partial charge in [0.05, 0.1) is 25.1 Å². The molecule has 20 heavy (non-hydrogen) atoms. The van der Waals surface area contributed by atoms with Crippen molar-refractivity contribution in [3.05, 3.63) is 47.7 Å². The van der Waals surface area contributed by atoms with Gasteiger partial charge in [-0.05, 0) is 31.5 Å². The maximum absolute atomic E-state index is 11.7. The quantitative estimate of drug-likeness (QED) is 0.849. The van der Waals surface area contributed by atoms with Crippen LogP contribution in [0.4, 0.5) is 0 Å². The minimum Gasteiger partial charge on any atom is -0.508 e. The van der Waals surface area contributed by atoms with Gasteiger partial charge in [-0.15, -0.1) is 0 Å². The van der Waals surface area contributed by atoms with E-state index in [1.54, 1.807) is 44.3 Å². The average Bonchev–Trinajstić information content (AvgIpc) is 2.84. The average molecular weight is 275 g/mol. The molecule has 0 amide bonds. The van der Waals surface area contributed by atoms with E-state index in [4.69, 9.17) is 9.15 Å². The molecule has 0 aliphatic carbocycles. The zero-order valence-corrected chi connectivity index (χ0v) is 11.5. The molecule has 1 heterocycles. The van der Waals surface area contributed by atoms with Crippen LogP contribution in [0.25, 0.3) is 0 Å². The number of hydrogen-bond donors (Lipinski definition) is 1. The summed E-state index contributed by atoms with van der Waals surface area (Å²) < 4.78 is 10.5. The van der Waals surface area contributed by atoms with E-state index < -0.39 is 0 Å². The Morgan fingerprint density at radius 3 is 2.65 bits per heavy atom. The van der Waals surface area contributed by atoms with Gasteiger partial charge in [-0.2, -0.15) is 0 Å². The molecule has 0 saturated heterocycles. The highest BCUT2D eigenvalue weighted by Gasteiger charge is 2.23. The lowest BCUT2D eigenvalue weighted by atomic mass is 9.95. The van der Waals surface area contributed by atoms with Gasteiger partial charge in [0, 0.05) is 0 Å². The first-order chi connectivity index (χ1) is 9.60. The van der Waals surface area contributed by atoms with Crippen molar-refractivity contribution in [1.29, 1.82) is 0 Å². The molecular weight excluding hydrogens is 258 g/mol. The van der Waals surface area contributed by atoms with Crippen molar-refractivity contribution in [3.8, 4) is 5.75 Å². The van der Waals surface area contributed by atoms with E-state index >= 15 is 0 Å². The molecule has 0 aliphatic heterocycles. The molecule has 5 nitrogen and oxygen atoms in total. The van der Waals surface area contributed by atoms with Crippen molar-refractivity contribution in [3.63, 3.8) is 0 Å². The molecule has 1 aromatic carbocycles. The number of carbonyl (C=O) groups is 1. The molecule has 0 spiro atoms. The van der Waals surface area contributed by atoms with Crippen molar-refractivity contribution in [1.82, 2.24) is 4.98 Å². The zero-order valence-electron chi connectivity index (χ0n) is 11.5. The predicted octanol–water partition coefficient (Wildman–Crippen LogP) is 2.77. The summed E-state index contributed by atoms with van der Waals surface area (Å²) in [6.07, 6.45) is 1.77. The van der Waals surface area contributed by atoms with Crippen molar-refractivity contribution >= 4 is 5.97 Å². The lowest BCUT2D eigenvalue weighted by molar-refractivity contribution is -0.143. The summed E-state index contributed by atoms with van der Waals surface area (Å²) >= 11 is 0. The maximum Gasteiger partial charge on any atom is 0.306 e. The summed E-state index contributed by atoms with van der Waals surface area (Å²) in [4.78, 5) is 15.9. The molecule has 2 aromatic rings. The van der Waals surface area contributed by atoms with Gasteiger partial charge in [-0.1, -0.05) is 12.1 Å². The largest absolute Gasteiger partial charge is 0.508 e. The summed E-state index contributed by atoms with van der Waals surface area (Å²) in [6.45, 7) is 3.91. The lowest BCUT2D eigenvalue weighted by Gasteiger charge is -2.13. The number of ether oxygens (including phenoxy) is 1. The number of hydrogen-bond acceptors (Lipinski definition) is 5. The summed E-state index contributed by atoms with van der Waals surface area (Å²) in [7, 11) is 0. The number of rotatable bonds is 5. The molecule has 1 unspecified atom stereocenters. The van der Waals surface area contributed by atoms with Crippen molar-refractivity contribution < 1.29 is 19.1 Å². The Morgan fingerprint density at radius 1 is 1.40 bits per heavy atom. The fraction of sp³-hybridized carbons (Fsp3) is 0.333. The van der Waals surface area contributed by atoms with Gasteiger partial charge < -0.3 is 14.3 Å². The van der Waals surface area contributed by atoms with E-state index in [1.807, 2.05) is 0 Å². The minimum atomic E-state index is -0.316. The molecule has 0 fully saturated rings. The smallest absolute Gasteiger partial charge is 0.306 e. The Hall–Kier alpha value is -2.30. The van der Waals surface area contributed by atoms with Crippen LogP contribution in [0.2, 0.25) is 0 Å². The number of aromatic hydroxyl groups is 1. The van der Waals surface area contributed by atoms with Crippen LogP contribution >= 0.6 is 0 Å². The van der Waals surface area contributed by atoms with Gasteiger partial charge in [-0.25, -0.2) is 4.98 Å². The fourth-order valence-electron chi connectivity index (χ4n) is 1.97. The second-order valence-electron chi connectivity index (χ2n) is 4.46. The van der Waals surface area contributed by atoms with E-state index in [9.17, 15) is 9.90 Å². The van der Waals surface area contributed by atoms with Crippen LogP contribution in [0.1, 0.15) is 36.5 Å². The van der Waals surface area contributed by atoms with E-state index in [1.165, 1.54) is 0 Å². The highest BCUT2D eigenvalue weighted by Crippen LogP contribution is 2.29. The van der Waals surface area contributed by atoms with Gasteiger partial charge in [0.1, 0.15) is 11.5 Å². The molecule has 0 saturated carbocycles. The van der Waals surface area contributed by atoms with Gasteiger partial charge in [0.15, 0.2) is 0 Å². The van der Waals surface area contributed by atoms with Crippen molar-refractivity contribution in [2.45, 2.75) is 26.2 Å². The second-order valence-corrected chi connectivity index (χ2v) is 4.46. The van der Waals surface area contributed by atoms with Crippen LogP contribution in [-0.2, 0) is 9.53 Å². The fourth-order valence-corrected chi connectivity index (χ4v) is 1.97. The number of oxazole rings is 1. The summed E-state index contributed by atoms with van der Waals surface area (Å²) in [5.41, 5.74) is 0.845. The highest BCUT2D eigenvalue weighted by molar-refractivity contribution is 5.71. The number of phenols is 1. The number of benzene rings is 1. The Morgan fingerprint density at radius 2 is 2.10 bits per heavy atom. The third-order valence-electron chi connectivity index (χ3n) is 2.91. The van der Waals surface area contributed by atoms with Crippen molar-refractivity contribution in [2.24, 2.45) is 0 Å². The number of aryl methyl sites for hydroxylation is 1. The SMILES string of the molecule is CCOC(=O)CC(c1ccc(O)cc1)c1ncc(C)o1. The molecule has 0 radical (unpaired) electrons.